The van der Waals surface area contributed by atoms with Gasteiger partial charge in [0.25, 0.3) is 0 Å². The van der Waals surface area contributed by atoms with E-state index in [1.54, 1.807) is 11.1 Å². The number of hydrogen-bond acceptors (Lipinski definition) is 1. The SMILES string of the molecule is CCCN1CCC(c2ccc(C)cc2C2CC(C)(C)CC(C)(C)C2)CC1.Cl. The lowest BCUT2D eigenvalue weighted by molar-refractivity contribution is 0.0962. The summed E-state index contributed by atoms with van der Waals surface area (Å²) in [5.41, 5.74) is 5.73. The zero-order valence-electron chi connectivity index (χ0n) is 18.6. The topological polar surface area (TPSA) is 3.24 Å². The largest absolute Gasteiger partial charge is 0.303 e. The lowest BCUT2D eigenvalue weighted by atomic mass is 9.59. The van der Waals surface area contributed by atoms with E-state index in [1.807, 2.05) is 0 Å². The molecule has 1 saturated heterocycles. The number of aryl methyl sites for hydroxylation is 1. The van der Waals surface area contributed by atoms with Gasteiger partial charge in [-0.25, -0.2) is 0 Å². The van der Waals surface area contributed by atoms with Crippen LogP contribution < -0.4 is 0 Å². The molecule has 1 nitrogen and oxygen atoms in total. The Morgan fingerprint density at radius 1 is 0.926 bits per heavy atom. The molecule has 0 atom stereocenters. The Hall–Kier alpha value is -0.530. The third kappa shape index (κ3) is 5.73. The third-order valence-corrected chi connectivity index (χ3v) is 6.80. The van der Waals surface area contributed by atoms with Crippen molar-refractivity contribution in [3.05, 3.63) is 34.9 Å². The van der Waals surface area contributed by atoms with Gasteiger partial charge in [-0.05, 0) is 98.9 Å². The maximum atomic E-state index is 2.66. The quantitative estimate of drug-likeness (QED) is 0.519. The van der Waals surface area contributed by atoms with Gasteiger partial charge in [0, 0.05) is 0 Å². The van der Waals surface area contributed by atoms with Crippen LogP contribution >= 0.6 is 12.4 Å². The molecule has 2 fully saturated rings. The van der Waals surface area contributed by atoms with Crippen LogP contribution in [0.1, 0.15) is 102 Å². The number of hydrogen-bond donors (Lipinski definition) is 0. The number of benzene rings is 1. The Balaban J connectivity index is 0.00000261. The normalized spacial score (nSPS) is 23.8. The Morgan fingerprint density at radius 2 is 1.52 bits per heavy atom. The Morgan fingerprint density at radius 3 is 2.07 bits per heavy atom. The monoisotopic (exact) mass is 391 g/mol. The summed E-state index contributed by atoms with van der Waals surface area (Å²) in [5, 5.41) is 0. The Kier molecular flexibility index (Phi) is 7.47. The van der Waals surface area contributed by atoms with Crippen LogP contribution in [-0.2, 0) is 0 Å². The van der Waals surface area contributed by atoms with Crippen molar-refractivity contribution in [1.82, 2.24) is 4.90 Å². The van der Waals surface area contributed by atoms with Crippen molar-refractivity contribution in [2.45, 2.75) is 91.9 Å². The summed E-state index contributed by atoms with van der Waals surface area (Å²) in [4.78, 5) is 2.66. The van der Waals surface area contributed by atoms with E-state index in [2.05, 4.69) is 64.6 Å². The highest BCUT2D eigenvalue weighted by Crippen LogP contribution is 2.53. The molecule has 0 aromatic heterocycles. The summed E-state index contributed by atoms with van der Waals surface area (Å²) in [7, 11) is 0. The second kappa shape index (κ2) is 8.87. The van der Waals surface area contributed by atoms with E-state index >= 15 is 0 Å². The number of halogens is 1. The maximum Gasteiger partial charge on any atom is -0.00129 e. The van der Waals surface area contributed by atoms with Crippen LogP contribution in [0.2, 0.25) is 0 Å². The van der Waals surface area contributed by atoms with Gasteiger partial charge < -0.3 is 4.90 Å². The third-order valence-electron chi connectivity index (χ3n) is 6.80. The van der Waals surface area contributed by atoms with E-state index in [0.717, 1.165) is 11.8 Å². The molecule has 3 rings (SSSR count). The highest BCUT2D eigenvalue weighted by atomic mass is 35.5. The van der Waals surface area contributed by atoms with E-state index in [1.165, 1.54) is 63.7 Å². The van der Waals surface area contributed by atoms with Gasteiger partial charge in [-0.1, -0.05) is 58.4 Å². The van der Waals surface area contributed by atoms with Gasteiger partial charge in [0.15, 0.2) is 0 Å². The molecule has 0 radical (unpaired) electrons. The molecule has 2 aliphatic rings. The van der Waals surface area contributed by atoms with Gasteiger partial charge in [-0.3, -0.25) is 0 Å². The molecule has 0 N–H and O–H groups in total. The van der Waals surface area contributed by atoms with Gasteiger partial charge in [0.05, 0.1) is 0 Å². The fourth-order valence-corrected chi connectivity index (χ4v) is 6.27. The first-order valence-corrected chi connectivity index (χ1v) is 11.0. The first-order valence-electron chi connectivity index (χ1n) is 11.0. The molecular formula is C25H42ClN. The van der Waals surface area contributed by atoms with Gasteiger partial charge in [-0.15, -0.1) is 12.4 Å². The molecule has 0 spiro atoms. The molecule has 1 aromatic rings. The lowest BCUT2D eigenvalue weighted by Crippen LogP contribution is -2.35. The molecule has 0 unspecified atom stereocenters. The van der Waals surface area contributed by atoms with Crippen molar-refractivity contribution >= 4 is 12.4 Å². The average molecular weight is 392 g/mol. The summed E-state index contributed by atoms with van der Waals surface area (Å²) < 4.78 is 0. The number of nitrogens with zero attached hydrogens (tertiary/aromatic N) is 1. The van der Waals surface area contributed by atoms with Crippen LogP contribution in [0, 0.1) is 17.8 Å². The molecule has 154 valence electrons. The Labute approximate surface area is 174 Å². The first-order chi connectivity index (χ1) is 12.2. The molecule has 0 amide bonds. The zero-order chi connectivity index (χ0) is 18.9. The van der Waals surface area contributed by atoms with E-state index in [-0.39, 0.29) is 12.4 Å². The van der Waals surface area contributed by atoms with Gasteiger partial charge in [-0.2, -0.15) is 0 Å². The van der Waals surface area contributed by atoms with Crippen molar-refractivity contribution in [3.8, 4) is 0 Å². The summed E-state index contributed by atoms with van der Waals surface area (Å²) in [5.74, 6) is 1.50. The van der Waals surface area contributed by atoms with Gasteiger partial charge in [0.2, 0.25) is 0 Å². The predicted octanol–water partition coefficient (Wildman–Crippen LogP) is 7.33. The van der Waals surface area contributed by atoms with Crippen LogP contribution in [0.4, 0.5) is 0 Å². The van der Waals surface area contributed by atoms with Crippen molar-refractivity contribution in [1.29, 1.82) is 0 Å². The molecule has 27 heavy (non-hydrogen) atoms. The highest BCUT2D eigenvalue weighted by Gasteiger charge is 2.40. The highest BCUT2D eigenvalue weighted by molar-refractivity contribution is 5.85. The molecule has 2 heteroatoms. The maximum absolute atomic E-state index is 2.66. The minimum absolute atomic E-state index is 0. The minimum Gasteiger partial charge on any atom is -0.303 e. The molecule has 1 aliphatic carbocycles. The number of piperidine rings is 1. The zero-order valence-corrected chi connectivity index (χ0v) is 19.4. The van der Waals surface area contributed by atoms with E-state index in [9.17, 15) is 0 Å². The molecule has 1 saturated carbocycles. The molecule has 1 aliphatic heterocycles. The van der Waals surface area contributed by atoms with Crippen LogP contribution in [0.3, 0.4) is 0 Å². The molecule has 0 bridgehead atoms. The van der Waals surface area contributed by atoms with Gasteiger partial charge in [0.1, 0.15) is 0 Å². The first kappa shape index (κ1) is 22.8. The van der Waals surface area contributed by atoms with E-state index in [0.29, 0.717) is 10.8 Å². The molecule has 1 heterocycles. The van der Waals surface area contributed by atoms with Crippen molar-refractivity contribution in [3.63, 3.8) is 0 Å². The lowest BCUT2D eigenvalue weighted by Gasteiger charge is -2.46. The van der Waals surface area contributed by atoms with E-state index in [4.69, 9.17) is 0 Å². The summed E-state index contributed by atoms with van der Waals surface area (Å²) in [6.45, 7) is 18.4. The summed E-state index contributed by atoms with van der Waals surface area (Å²) >= 11 is 0. The van der Waals surface area contributed by atoms with Crippen molar-refractivity contribution in [2.24, 2.45) is 10.8 Å². The van der Waals surface area contributed by atoms with Crippen LogP contribution in [0.15, 0.2) is 18.2 Å². The fraction of sp³-hybridized carbons (Fsp3) is 0.760. The molecule has 1 aromatic carbocycles. The van der Waals surface area contributed by atoms with Crippen LogP contribution in [-0.4, -0.2) is 24.5 Å². The number of rotatable bonds is 4. The fourth-order valence-electron chi connectivity index (χ4n) is 6.27. The standard InChI is InChI=1S/C25H41N.ClH/c1-7-12-26-13-10-20(11-14-26)22-9-8-19(2)15-23(22)21-16-24(3,4)18-25(5,6)17-21;/h8-9,15,20-21H,7,10-14,16-18H2,1-6H3;1H. The minimum atomic E-state index is 0. The second-order valence-corrected chi connectivity index (χ2v) is 10.9. The average Bonchev–Trinajstić information content (AvgIpc) is 2.53. The van der Waals surface area contributed by atoms with Crippen molar-refractivity contribution < 1.29 is 0 Å². The van der Waals surface area contributed by atoms with Crippen molar-refractivity contribution in [2.75, 3.05) is 19.6 Å². The van der Waals surface area contributed by atoms with Crippen LogP contribution in [0.5, 0.6) is 0 Å². The number of likely N-dealkylation sites (tertiary alicyclic amines) is 1. The van der Waals surface area contributed by atoms with Crippen LogP contribution in [0.25, 0.3) is 0 Å². The summed E-state index contributed by atoms with van der Waals surface area (Å²) in [6.07, 6.45) is 8.02. The molecular weight excluding hydrogens is 350 g/mol. The second-order valence-electron chi connectivity index (χ2n) is 10.9. The summed E-state index contributed by atoms with van der Waals surface area (Å²) in [6, 6.07) is 7.38. The predicted molar refractivity (Wildman–Crippen MR) is 121 cm³/mol. The smallest absolute Gasteiger partial charge is 0.00129 e. The van der Waals surface area contributed by atoms with Gasteiger partial charge >= 0.3 is 0 Å². The van der Waals surface area contributed by atoms with E-state index < -0.39 is 0 Å². The Bertz CT molecular complexity index is 595.